The van der Waals surface area contributed by atoms with Gasteiger partial charge in [-0.15, -0.1) is 0 Å². The van der Waals surface area contributed by atoms with E-state index in [-0.39, 0.29) is 12.2 Å². The molecule has 1 aliphatic heterocycles. The highest BCUT2D eigenvalue weighted by atomic mass is 16.5. The Kier molecular flexibility index (Phi) is 3.87. The molecule has 0 bridgehead atoms. The lowest BCUT2D eigenvalue weighted by Crippen LogP contribution is -2.46. The zero-order chi connectivity index (χ0) is 15.9. The quantitative estimate of drug-likeness (QED) is 0.851. The summed E-state index contributed by atoms with van der Waals surface area (Å²) in [5.41, 5.74) is 2.06. The van der Waals surface area contributed by atoms with Gasteiger partial charge in [0.25, 0.3) is 0 Å². The summed E-state index contributed by atoms with van der Waals surface area (Å²) >= 11 is 0. The molecule has 0 radical (unpaired) electrons. The number of hydrogen-bond donors (Lipinski definition) is 0. The van der Waals surface area contributed by atoms with Crippen LogP contribution in [0.3, 0.4) is 0 Å². The zero-order valence-electron chi connectivity index (χ0n) is 13.9. The molecule has 0 aromatic carbocycles. The Bertz CT molecular complexity index is 671. The first-order valence-electron chi connectivity index (χ1n) is 7.72. The Hall–Kier alpha value is -1.95. The summed E-state index contributed by atoms with van der Waals surface area (Å²) in [5.74, 6) is 2.52. The molecule has 6 nitrogen and oxygen atoms in total. The highest BCUT2D eigenvalue weighted by molar-refractivity contribution is 5.45. The summed E-state index contributed by atoms with van der Waals surface area (Å²) in [6.45, 7) is 11.8. The predicted octanol–water partition coefficient (Wildman–Crippen LogP) is 2.20. The second kappa shape index (κ2) is 5.68. The first-order chi connectivity index (χ1) is 10.4. The van der Waals surface area contributed by atoms with Crippen LogP contribution in [0.5, 0.6) is 0 Å². The number of aryl methyl sites for hydroxylation is 3. The van der Waals surface area contributed by atoms with Crippen molar-refractivity contribution in [2.75, 3.05) is 18.0 Å². The Labute approximate surface area is 131 Å². The molecule has 1 fully saturated rings. The topological polar surface area (TPSA) is 56.1 Å². The number of morpholine rings is 1. The number of hydrogen-bond acceptors (Lipinski definition) is 5. The van der Waals surface area contributed by atoms with Crippen LogP contribution in [0.4, 0.5) is 5.82 Å². The Morgan fingerprint density at radius 3 is 2.23 bits per heavy atom. The lowest BCUT2D eigenvalue weighted by molar-refractivity contribution is -0.00547. The average Bonchev–Trinajstić information content (AvgIpc) is 2.76. The van der Waals surface area contributed by atoms with Gasteiger partial charge in [-0.2, -0.15) is 5.10 Å². The monoisotopic (exact) mass is 301 g/mol. The summed E-state index contributed by atoms with van der Waals surface area (Å²) in [6, 6.07) is 4.06. The fraction of sp³-hybridized carbons (Fsp3) is 0.562. The summed E-state index contributed by atoms with van der Waals surface area (Å²) in [5, 5.41) is 4.52. The molecule has 2 atom stereocenters. The molecule has 2 aromatic rings. The number of anilines is 1. The Morgan fingerprint density at radius 1 is 1.00 bits per heavy atom. The molecule has 0 saturated carbocycles. The third-order valence-electron chi connectivity index (χ3n) is 3.78. The van der Waals surface area contributed by atoms with E-state index < -0.39 is 0 Å². The average molecular weight is 301 g/mol. The molecule has 0 aliphatic carbocycles. The SMILES string of the molecule is Cc1cc(C)n(-c2cc(N3CC(C)OC(C)C3)nc(C)n2)n1. The summed E-state index contributed by atoms with van der Waals surface area (Å²) in [7, 11) is 0. The molecule has 2 unspecified atom stereocenters. The van der Waals surface area contributed by atoms with Gasteiger partial charge in [0.15, 0.2) is 5.82 Å². The van der Waals surface area contributed by atoms with Crippen LogP contribution in [0.25, 0.3) is 5.82 Å². The van der Waals surface area contributed by atoms with Gasteiger partial charge in [-0.1, -0.05) is 0 Å². The van der Waals surface area contributed by atoms with Crippen LogP contribution in [-0.2, 0) is 4.74 Å². The van der Waals surface area contributed by atoms with Crippen molar-refractivity contribution in [3.05, 3.63) is 29.3 Å². The molecule has 118 valence electrons. The van der Waals surface area contributed by atoms with Crippen LogP contribution in [0.1, 0.15) is 31.1 Å². The summed E-state index contributed by atoms with van der Waals surface area (Å²) < 4.78 is 7.68. The first kappa shape index (κ1) is 15.0. The molecule has 1 aliphatic rings. The molecule has 22 heavy (non-hydrogen) atoms. The maximum atomic E-state index is 5.80. The summed E-state index contributed by atoms with van der Waals surface area (Å²) in [4.78, 5) is 11.4. The molecule has 0 N–H and O–H groups in total. The first-order valence-corrected chi connectivity index (χ1v) is 7.72. The fourth-order valence-corrected chi connectivity index (χ4v) is 3.03. The minimum Gasteiger partial charge on any atom is -0.372 e. The van der Waals surface area contributed by atoms with Gasteiger partial charge in [0.05, 0.1) is 17.9 Å². The van der Waals surface area contributed by atoms with Gasteiger partial charge in [-0.05, 0) is 40.7 Å². The number of aromatic nitrogens is 4. The second-order valence-electron chi connectivity index (χ2n) is 6.13. The molecule has 3 rings (SSSR count). The highest BCUT2D eigenvalue weighted by Crippen LogP contribution is 2.21. The molecule has 0 spiro atoms. The van der Waals surface area contributed by atoms with Crippen LogP contribution in [0, 0.1) is 20.8 Å². The van der Waals surface area contributed by atoms with E-state index in [0.29, 0.717) is 0 Å². The Balaban J connectivity index is 1.98. The van der Waals surface area contributed by atoms with Gasteiger partial charge in [0.1, 0.15) is 11.6 Å². The van der Waals surface area contributed by atoms with Crippen molar-refractivity contribution in [2.24, 2.45) is 0 Å². The second-order valence-corrected chi connectivity index (χ2v) is 6.13. The van der Waals surface area contributed by atoms with E-state index in [9.17, 15) is 0 Å². The van der Waals surface area contributed by atoms with Crippen molar-refractivity contribution in [3.63, 3.8) is 0 Å². The van der Waals surface area contributed by atoms with Crippen LogP contribution < -0.4 is 4.90 Å². The van der Waals surface area contributed by atoms with Gasteiger partial charge < -0.3 is 9.64 Å². The number of rotatable bonds is 2. The Morgan fingerprint density at radius 2 is 1.64 bits per heavy atom. The van der Waals surface area contributed by atoms with E-state index in [2.05, 4.69) is 39.9 Å². The maximum Gasteiger partial charge on any atom is 0.159 e. The van der Waals surface area contributed by atoms with E-state index in [1.54, 1.807) is 0 Å². The number of nitrogens with zero attached hydrogens (tertiary/aromatic N) is 5. The predicted molar refractivity (Wildman–Crippen MR) is 85.6 cm³/mol. The van der Waals surface area contributed by atoms with Gasteiger partial charge in [-0.3, -0.25) is 0 Å². The highest BCUT2D eigenvalue weighted by Gasteiger charge is 2.24. The van der Waals surface area contributed by atoms with Gasteiger partial charge in [-0.25, -0.2) is 14.6 Å². The molecule has 6 heteroatoms. The van der Waals surface area contributed by atoms with Gasteiger partial charge >= 0.3 is 0 Å². The fourth-order valence-electron chi connectivity index (χ4n) is 3.03. The largest absolute Gasteiger partial charge is 0.372 e. The van der Waals surface area contributed by atoms with Gasteiger partial charge in [0.2, 0.25) is 0 Å². The van der Waals surface area contributed by atoms with Crippen LogP contribution >= 0.6 is 0 Å². The van der Waals surface area contributed by atoms with Crippen LogP contribution in [-0.4, -0.2) is 45.0 Å². The molecule has 1 saturated heterocycles. The molecule has 0 amide bonds. The molecule has 3 heterocycles. The van der Waals surface area contributed by atoms with E-state index in [1.165, 1.54) is 0 Å². The van der Waals surface area contributed by atoms with Crippen molar-refractivity contribution in [2.45, 2.75) is 46.8 Å². The van der Waals surface area contributed by atoms with Crippen molar-refractivity contribution in [1.82, 2.24) is 19.7 Å². The lowest BCUT2D eigenvalue weighted by atomic mass is 10.2. The third kappa shape index (κ3) is 2.97. The maximum absolute atomic E-state index is 5.80. The minimum atomic E-state index is 0.205. The van der Waals surface area contributed by atoms with E-state index in [0.717, 1.165) is 41.9 Å². The lowest BCUT2D eigenvalue weighted by Gasteiger charge is -2.36. The van der Waals surface area contributed by atoms with Crippen LogP contribution in [0.15, 0.2) is 12.1 Å². The smallest absolute Gasteiger partial charge is 0.159 e. The van der Waals surface area contributed by atoms with Crippen molar-refractivity contribution >= 4 is 5.82 Å². The van der Waals surface area contributed by atoms with E-state index in [1.807, 2.05) is 31.5 Å². The third-order valence-corrected chi connectivity index (χ3v) is 3.78. The normalized spacial score (nSPS) is 22.1. The zero-order valence-corrected chi connectivity index (χ0v) is 13.9. The minimum absolute atomic E-state index is 0.205. The van der Waals surface area contributed by atoms with Gasteiger partial charge in [0, 0.05) is 24.8 Å². The van der Waals surface area contributed by atoms with Crippen LogP contribution in [0.2, 0.25) is 0 Å². The van der Waals surface area contributed by atoms with Crippen molar-refractivity contribution in [1.29, 1.82) is 0 Å². The standard InChI is InChI=1S/C16H23N5O/c1-10-6-11(2)21(19-10)16-7-15(17-14(5)18-16)20-8-12(3)22-13(4)9-20/h6-7,12-13H,8-9H2,1-5H3. The summed E-state index contributed by atoms with van der Waals surface area (Å²) in [6.07, 6.45) is 0.410. The molecular formula is C16H23N5O. The van der Waals surface area contributed by atoms with E-state index >= 15 is 0 Å². The molecular weight excluding hydrogens is 278 g/mol. The van der Waals surface area contributed by atoms with Crippen molar-refractivity contribution < 1.29 is 4.74 Å². The number of ether oxygens (including phenoxy) is 1. The molecule has 2 aromatic heterocycles. The van der Waals surface area contributed by atoms with E-state index in [4.69, 9.17) is 4.74 Å². The van der Waals surface area contributed by atoms with Crippen molar-refractivity contribution in [3.8, 4) is 5.82 Å².